The van der Waals surface area contributed by atoms with Crippen molar-refractivity contribution in [1.82, 2.24) is 14.9 Å². The first-order valence-electron chi connectivity index (χ1n) is 9.71. The van der Waals surface area contributed by atoms with Crippen LogP contribution in [0.1, 0.15) is 17.3 Å². The highest BCUT2D eigenvalue weighted by molar-refractivity contribution is 6.17. The number of rotatable bonds is 4. The number of nitrogens with zero attached hydrogens (tertiary/aromatic N) is 3. The molecule has 0 saturated carbocycles. The summed E-state index contributed by atoms with van der Waals surface area (Å²) in [4.78, 5) is 10.4. The summed E-state index contributed by atoms with van der Waals surface area (Å²) in [5.74, 6) is 8.23. The fourth-order valence-corrected chi connectivity index (χ4v) is 3.78. The number of aromatic nitrogens is 2. The van der Waals surface area contributed by atoms with Crippen molar-refractivity contribution in [3.8, 4) is 0 Å². The fraction of sp³-hybridized carbons (Fsp3) is 0.130. The van der Waals surface area contributed by atoms with Crippen LogP contribution in [-0.4, -0.2) is 33.7 Å². The molecule has 1 fully saturated rings. The lowest BCUT2D eigenvalue weighted by atomic mass is 9.95. The molecular weight excluding hydrogens is 378 g/mol. The molecule has 0 atom stereocenters. The van der Waals surface area contributed by atoms with Gasteiger partial charge in [0.05, 0.1) is 35.8 Å². The second kappa shape index (κ2) is 7.88. The van der Waals surface area contributed by atoms with Crippen LogP contribution in [0.5, 0.6) is 0 Å². The SMILES string of the molecule is NN=C1/C(=C/c2ccco2)CN(Cc2nc3ccccc3[nH]2)C/C1=C\c1ccco1. The lowest BCUT2D eigenvalue weighted by Gasteiger charge is -2.30. The Hall–Kier alpha value is -3.84. The molecule has 150 valence electrons. The summed E-state index contributed by atoms with van der Waals surface area (Å²) in [6.45, 7) is 2.00. The number of para-hydroxylation sites is 2. The average Bonchev–Trinajstić information content (AvgIpc) is 3.49. The number of piperidine rings is 1. The molecule has 4 aromatic rings. The minimum Gasteiger partial charge on any atom is -0.465 e. The van der Waals surface area contributed by atoms with Gasteiger partial charge in [-0.3, -0.25) is 4.90 Å². The number of hydrogen-bond donors (Lipinski definition) is 2. The molecule has 3 aromatic heterocycles. The van der Waals surface area contributed by atoms with Gasteiger partial charge in [0, 0.05) is 13.1 Å². The molecule has 7 heteroatoms. The number of benzene rings is 1. The van der Waals surface area contributed by atoms with Crippen LogP contribution in [0.25, 0.3) is 23.2 Å². The Morgan fingerprint density at radius 2 is 1.63 bits per heavy atom. The Morgan fingerprint density at radius 1 is 0.967 bits per heavy atom. The van der Waals surface area contributed by atoms with Gasteiger partial charge in [-0.15, -0.1) is 0 Å². The monoisotopic (exact) mass is 399 g/mol. The highest BCUT2D eigenvalue weighted by Gasteiger charge is 2.26. The number of furan rings is 2. The number of H-pyrrole nitrogens is 1. The summed E-state index contributed by atoms with van der Waals surface area (Å²) < 4.78 is 11.0. The Labute approximate surface area is 173 Å². The van der Waals surface area contributed by atoms with Crippen LogP contribution in [0.15, 0.2) is 86.1 Å². The average molecular weight is 399 g/mol. The summed E-state index contributed by atoms with van der Waals surface area (Å²) in [6, 6.07) is 15.6. The van der Waals surface area contributed by atoms with Gasteiger partial charge in [-0.1, -0.05) is 12.1 Å². The van der Waals surface area contributed by atoms with Crippen LogP contribution in [0.2, 0.25) is 0 Å². The van der Waals surface area contributed by atoms with E-state index in [1.54, 1.807) is 12.5 Å². The molecule has 1 aliphatic rings. The molecular formula is C23H21N5O2. The van der Waals surface area contributed by atoms with Crippen LogP contribution in [0, 0.1) is 0 Å². The van der Waals surface area contributed by atoms with E-state index in [1.165, 1.54) is 0 Å². The number of hydrogen-bond acceptors (Lipinski definition) is 6. The first-order chi connectivity index (χ1) is 14.8. The quantitative estimate of drug-likeness (QED) is 0.399. The molecule has 0 bridgehead atoms. The number of imidazole rings is 1. The van der Waals surface area contributed by atoms with E-state index in [1.807, 2.05) is 60.7 Å². The van der Waals surface area contributed by atoms with E-state index in [-0.39, 0.29) is 0 Å². The topological polar surface area (TPSA) is 96.6 Å². The Morgan fingerprint density at radius 3 is 2.20 bits per heavy atom. The van der Waals surface area contributed by atoms with E-state index < -0.39 is 0 Å². The molecule has 3 N–H and O–H groups in total. The van der Waals surface area contributed by atoms with Gasteiger partial charge in [-0.05, 0) is 59.7 Å². The molecule has 1 aromatic carbocycles. The smallest absolute Gasteiger partial charge is 0.127 e. The third-order valence-corrected chi connectivity index (χ3v) is 5.06. The van der Waals surface area contributed by atoms with Gasteiger partial charge in [0.15, 0.2) is 0 Å². The maximum absolute atomic E-state index is 5.80. The van der Waals surface area contributed by atoms with Gasteiger partial charge in [-0.2, -0.15) is 5.10 Å². The molecule has 0 unspecified atom stereocenters. The molecule has 30 heavy (non-hydrogen) atoms. The standard InChI is InChI=1S/C23H21N5O2/c24-27-23-16(11-18-5-3-9-29-18)13-28(14-17(23)12-19-6-4-10-30-19)15-22-25-20-7-1-2-8-21(20)26-22/h1-12H,13-15,24H2,(H,25,26)/b16-11+,17-12+. The van der Waals surface area contributed by atoms with Crippen molar-refractivity contribution in [3.05, 3.63) is 89.5 Å². The van der Waals surface area contributed by atoms with Gasteiger partial charge < -0.3 is 19.7 Å². The normalized spacial score (nSPS) is 17.9. The molecule has 0 radical (unpaired) electrons. The number of likely N-dealkylation sites (tertiary alicyclic amines) is 1. The second-order valence-corrected chi connectivity index (χ2v) is 7.19. The number of hydrazone groups is 1. The van der Waals surface area contributed by atoms with Crippen LogP contribution in [0.3, 0.4) is 0 Å². The van der Waals surface area contributed by atoms with Gasteiger partial charge >= 0.3 is 0 Å². The van der Waals surface area contributed by atoms with Crippen molar-refractivity contribution in [3.63, 3.8) is 0 Å². The predicted molar refractivity (Wildman–Crippen MR) is 116 cm³/mol. The summed E-state index contributed by atoms with van der Waals surface area (Å²) in [7, 11) is 0. The van der Waals surface area contributed by atoms with Crippen LogP contribution >= 0.6 is 0 Å². The molecule has 1 aliphatic heterocycles. The third kappa shape index (κ3) is 3.70. The van der Waals surface area contributed by atoms with Crippen LogP contribution in [0.4, 0.5) is 0 Å². The lowest BCUT2D eigenvalue weighted by molar-refractivity contribution is 0.307. The highest BCUT2D eigenvalue weighted by Crippen LogP contribution is 2.25. The molecule has 0 spiro atoms. The zero-order chi connectivity index (χ0) is 20.3. The Kier molecular flexibility index (Phi) is 4.78. The highest BCUT2D eigenvalue weighted by atomic mass is 16.3. The molecule has 0 aliphatic carbocycles. The third-order valence-electron chi connectivity index (χ3n) is 5.06. The van der Waals surface area contributed by atoms with E-state index in [0.717, 1.165) is 45.2 Å². The minimum atomic E-state index is 0.664. The van der Waals surface area contributed by atoms with E-state index in [2.05, 4.69) is 15.0 Å². The summed E-state index contributed by atoms with van der Waals surface area (Å²) >= 11 is 0. The Balaban J connectivity index is 1.49. The predicted octanol–water partition coefficient (Wildman–Crippen LogP) is 4.05. The summed E-state index contributed by atoms with van der Waals surface area (Å²) in [6.07, 6.45) is 7.26. The number of nitrogens with one attached hydrogen (secondary N) is 1. The summed E-state index contributed by atoms with van der Waals surface area (Å²) in [5, 5.41) is 4.09. The molecule has 7 nitrogen and oxygen atoms in total. The number of aromatic amines is 1. The molecule has 0 amide bonds. The van der Waals surface area contributed by atoms with Crippen molar-refractivity contribution in [1.29, 1.82) is 0 Å². The van der Waals surface area contributed by atoms with Gasteiger partial charge in [0.1, 0.15) is 17.3 Å². The van der Waals surface area contributed by atoms with E-state index in [0.29, 0.717) is 19.6 Å². The lowest BCUT2D eigenvalue weighted by Crippen LogP contribution is -2.38. The first-order valence-corrected chi connectivity index (χ1v) is 9.71. The maximum Gasteiger partial charge on any atom is 0.127 e. The maximum atomic E-state index is 5.80. The van der Waals surface area contributed by atoms with Crippen molar-refractivity contribution in [2.75, 3.05) is 13.1 Å². The van der Waals surface area contributed by atoms with Gasteiger partial charge in [0.2, 0.25) is 0 Å². The van der Waals surface area contributed by atoms with E-state index >= 15 is 0 Å². The zero-order valence-electron chi connectivity index (χ0n) is 16.3. The van der Waals surface area contributed by atoms with Crippen LogP contribution < -0.4 is 5.84 Å². The van der Waals surface area contributed by atoms with Gasteiger partial charge in [0.25, 0.3) is 0 Å². The molecule has 4 heterocycles. The van der Waals surface area contributed by atoms with E-state index in [4.69, 9.17) is 19.7 Å². The van der Waals surface area contributed by atoms with Crippen molar-refractivity contribution >= 4 is 28.9 Å². The fourth-order valence-electron chi connectivity index (χ4n) is 3.78. The first kappa shape index (κ1) is 18.2. The molecule has 1 saturated heterocycles. The molecule has 5 rings (SSSR count). The van der Waals surface area contributed by atoms with Crippen molar-refractivity contribution in [2.45, 2.75) is 6.54 Å². The number of nitrogens with two attached hydrogens (primary N) is 1. The second-order valence-electron chi connectivity index (χ2n) is 7.19. The largest absolute Gasteiger partial charge is 0.465 e. The van der Waals surface area contributed by atoms with Crippen molar-refractivity contribution in [2.24, 2.45) is 10.9 Å². The zero-order valence-corrected chi connectivity index (χ0v) is 16.3. The van der Waals surface area contributed by atoms with Crippen LogP contribution in [-0.2, 0) is 6.54 Å². The van der Waals surface area contributed by atoms with Gasteiger partial charge in [-0.25, -0.2) is 4.98 Å². The summed E-state index contributed by atoms with van der Waals surface area (Å²) in [5.41, 5.74) is 4.71. The Bertz CT molecular complexity index is 1140. The van der Waals surface area contributed by atoms with E-state index in [9.17, 15) is 0 Å². The van der Waals surface area contributed by atoms with Crippen molar-refractivity contribution < 1.29 is 8.83 Å². The number of fused-ring (bicyclic) bond motifs is 1. The minimum absolute atomic E-state index is 0.664.